The van der Waals surface area contributed by atoms with Crippen molar-refractivity contribution >= 4 is 34.9 Å². The zero-order valence-electron chi connectivity index (χ0n) is 23.6. The minimum atomic E-state index is -0.794. The van der Waals surface area contributed by atoms with Crippen molar-refractivity contribution in [2.75, 3.05) is 19.1 Å². The molecule has 9 nitrogen and oxygen atoms in total. The first-order valence-electron chi connectivity index (χ1n) is 13.7. The number of hydrogen-bond donors (Lipinski definition) is 1. The van der Waals surface area contributed by atoms with E-state index in [1.165, 1.54) is 44.3 Å². The van der Waals surface area contributed by atoms with E-state index in [4.69, 9.17) is 9.47 Å². The SMILES string of the molecule is COc1cc(O)cc(OC)c1C1C2=CCC3C(=O)N(c4ccc(C(C)=O)cc4)C(=O)C3C2CC2=C1C(=O)C(C)=CC2=O. The number of aromatic hydroxyl groups is 1. The number of phenols is 1. The molecule has 0 saturated carbocycles. The number of methoxy groups -OCH3 is 2. The van der Waals surface area contributed by atoms with E-state index in [1.807, 2.05) is 6.08 Å². The van der Waals surface area contributed by atoms with Crippen LogP contribution in [0, 0.1) is 17.8 Å². The fourth-order valence-corrected chi connectivity index (χ4v) is 7.00. The Hall–Kier alpha value is -4.79. The summed E-state index contributed by atoms with van der Waals surface area (Å²) in [7, 11) is 2.87. The van der Waals surface area contributed by atoms with Gasteiger partial charge in [-0.25, -0.2) is 0 Å². The molecule has 3 aliphatic carbocycles. The van der Waals surface area contributed by atoms with Crippen molar-refractivity contribution < 1.29 is 38.6 Å². The molecule has 0 radical (unpaired) electrons. The highest BCUT2D eigenvalue weighted by Gasteiger charge is 2.57. The summed E-state index contributed by atoms with van der Waals surface area (Å²) in [6.45, 7) is 3.04. The molecule has 1 saturated heterocycles. The number of phenolic OH excluding ortho intramolecular Hbond substituents is 1. The van der Waals surface area contributed by atoms with Crippen LogP contribution in [0.4, 0.5) is 5.69 Å². The Bertz CT molecular complexity index is 1670. The van der Waals surface area contributed by atoms with E-state index >= 15 is 0 Å². The molecule has 0 spiro atoms. The first-order valence-corrected chi connectivity index (χ1v) is 13.7. The van der Waals surface area contributed by atoms with Crippen LogP contribution in [0.1, 0.15) is 48.5 Å². The summed E-state index contributed by atoms with van der Waals surface area (Å²) < 4.78 is 11.3. The van der Waals surface area contributed by atoms with Gasteiger partial charge in [0, 0.05) is 45.9 Å². The Labute approximate surface area is 242 Å². The average Bonchev–Trinajstić information content (AvgIpc) is 3.23. The summed E-state index contributed by atoms with van der Waals surface area (Å²) in [6.07, 6.45) is 3.63. The lowest BCUT2D eigenvalue weighted by molar-refractivity contribution is -0.123. The maximum Gasteiger partial charge on any atom is 0.238 e. The average molecular weight is 568 g/mol. The highest BCUT2D eigenvalue weighted by Crippen LogP contribution is 2.58. The number of carbonyl (C=O) groups excluding carboxylic acids is 5. The van der Waals surface area contributed by atoms with Crippen LogP contribution in [-0.2, 0) is 19.2 Å². The molecule has 0 bridgehead atoms. The highest BCUT2D eigenvalue weighted by atomic mass is 16.5. The van der Waals surface area contributed by atoms with Crippen LogP contribution in [0.15, 0.2) is 70.8 Å². The van der Waals surface area contributed by atoms with Gasteiger partial charge in [-0.15, -0.1) is 0 Å². The third-order valence-corrected chi connectivity index (χ3v) is 8.91. The van der Waals surface area contributed by atoms with E-state index in [2.05, 4.69) is 0 Å². The lowest BCUT2D eigenvalue weighted by Crippen LogP contribution is -2.40. The summed E-state index contributed by atoms with van der Waals surface area (Å²) in [5.74, 6) is -3.75. The summed E-state index contributed by atoms with van der Waals surface area (Å²) in [5.41, 5.74) is 2.96. The Kier molecular flexibility index (Phi) is 6.48. The number of imide groups is 1. The predicted octanol–water partition coefficient (Wildman–Crippen LogP) is 4.25. The van der Waals surface area contributed by atoms with E-state index in [0.717, 1.165) is 5.57 Å². The molecule has 42 heavy (non-hydrogen) atoms. The normalized spacial score (nSPS) is 25.0. The van der Waals surface area contributed by atoms with Crippen molar-refractivity contribution in [2.45, 2.75) is 32.6 Å². The smallest absolute Gasteiger partial charge is 0.238 e. The molecule has 9 heteroatoms. The van der Waals surface area contributed by atoms with Crippen LogP contribution in [0.5, 0.6) is 17.2 Å². The number of ether oxygens (including phenoxy) is 2. The van der Waals surface area contributed by atoms with Gasteiger partial charge in [0.2, 0.25) is 11.8 Å². The second-order valence-electron chi connectivity index (χ2n) is 11.1. The molecule has 4 unspecified atom stereocenters. The van der Waals surface area contributed by atoms with Crippen molar-refractivity contribution in [2.24, 2.45) is 17.8 Å². The third kappa shape index (κ3) is 3.94. The minimum Gasteiger partial charge on any atom is -0.508 e. The number of hydrogen-bond acceptors (Lipinski definition) is 8. The molecule has 1 N–H and O–H groups in total. The largest absolute Gasteiger partial charge is 0.508 e. The Balaban J connectivity index is 1.51. The van der Waals surface area contributed by atoms with Gasteiger partial charge in [-0.3, -0.25) is 28.9 Å². The monoisotopic (exact) mass is 567 g/mol. The van der Waals surface area contributed by atoms with Crippen LogP contribution in [-0.4, -0.2) is 48.5 Å². The molecule has 2 amide bonds. The van der Waals surface area contributed by atoms with E-state index in [1.54, 1.807) is 31.2 Å². The van der Waals surface area contributed by atoms with Crippen LogP contribution >= 0.6 is 0 Å². The van der Waals surface area contributed by atoms with Crippen LogP contribution < -0.4 is 14.4 Å². The number of benzene rings is 2. The number of Topliss-reactive ketones (excluding diaryl/α,β-unsaturated/α-hetero) is 2. The fraction of sp³-hybridized carbons (Fsp3) is 0.303. The number of anilines is 1. The molecule has 6 rings (SSSR count). The summed E-state index contributed by atoms with van der Waals surface area (Å²) >= 11 is 0. The predicted molar refractivity (Wildman–Crippen MR) is 151 cm³/mol. The summed E-state index contributed by atoms with van der Waals surface area (Å²) in [6, 6.07) is 9.19. The molecule has 1 aliphatic heterocycles. The van der Waals surface area contributed by atoms with Gasteiger partial charge in [-0.05, 0) is 62.9 Å². The van der Waals surface area contributed by atoms with Crippen molar-refractivity contribution in [3.05, 3.63) is 82.0 Å². The molecule has 4 atom stereocenters. The second kappa shape index (κ2) is 9.94. The molecule has 4 aliphatic rings. The Morgan fingerprint density at radius 3 is 2.19 bits per heavy atom. The van der Waals surface area contributed by atoms with E-state index in [-0.39, 0.29) is 59.3 Å². The Morgan fingerprint density at radius 1 is 0.952 bits per heavy atom. The van der Waals surface area contributed by atoms with Gasteiger partial charge in [0.05, 0.1) is 31.7 Å². The fourth-order valence-electron chi connectivity index (χ4n) is 7.00. The van der Waals surface area contributed by atoms with Gasteiger partial charge >= 0.3 is 0 Å². The summed E-state index contributed by atoms with van der Waals surface area (Å²) in [4.78, 5) is 67.8. The first kappa shape index (κ1) is 27.4. The summed E-state index contributed by atoms with van der Waals surface area (Å²) in [5, 5.41) is 10.3. The van der Waals surface area contributed by atoms with Crippen LogP contribution in [0.2, 0.25) is 0 Å². The van der Waals surface area contributed by atoms with Crippen molar-refractivity contribution in [1.29, 1.82) is 0 Å². The quantitative estimate of drug-likeness (QED) is 0.246. The second-order valence-corrected chi connectivity index (χ2v) is 11.1. The van der Waals surface area contributed by atoms with Gasteiger partial charge in [-0.1, -0.05) is 11.6 Å². The first-order chi connectivity index (χ1) is 20.1. The van der Waals surface area contributed by atoms with Crippen molar-refractivity contribution in [3.8, 4) is 17.2 Å². The van der Waals surface area contributed by atoms with Gasteiger partial charge in [0.25, 0.3) is 0 Å². The van der Waals surface area contributed by atoms with Crippen molar-refractivity contribution in [3.63, 3.8) is 0 Å². The van der Waals surface area contributed by atoms with Gasteiger partial charge in [0.15, 0.2) is 17.3 Å². The molecule has 0 aromatic heterocycles. The standard InChI is InChI=1S/C33H29NO8/c1-15-11-24(37)23-14-22-20(28(29(23)31(15)38)30-25(41-3)12-19(36)13-26(30)42-4)9-10-21-27(22)33(40)34(32(21)39)18-7-5-17(6-8-18)16(2)35/h5-9,11-13,21-22,27-28,36H,10,14H2,1-4H3. The van der Waals surface area contributed by atoms with Gasteiger partial charge in [-0.2, -0.15) is 0 Å². The van der Waals surface area contributed by atoms with Crippen molar-refractivity contribution in [1.82, 2.24) is 0 Å². The number of carbonyl (C=O) groups is 5. The lowest BCUT2D eigenvalue weighted by Gasteiger charge is -2.42. The topological polar surface area (TPSA) is 127 Å². The zero-order valence-corrected chi connectivity index (χ0v) is 23.6. The molecule has 1 fully saturated rings. The van der Waals surface area contributed by atoms with E-state index in [9.17, 15) is 29.1 Å². The van der Waals surface area contributed by atoms with E-state index in [0.29, 0.717) is 33.5 Å². The molecular formula is C33H29NO8. The Morgan fingerprint density at radius 2 is 1.60 bits per heavy atom. The lowest BCUT2D eigenvalue weighted by atomic mass is 9.59. The molecule has 1 heterocycles. The molecule has 214 valence electrons. The number of rotatable bonds is 5. The molecule has 2 aromatic carbocycles. The number of fused-ring (bicyclic) bond motifs is 3. The number of amides is 2. The number of ketones is 3. The van der Waals surface area contributed by atoms with Gasteiger partial charge < -0.3 is 14.6 Å². The minimum absolute atomic E-state index is 0.100. The van der Waals surface area contributed by atoms with E-state index < -0.39 is 23.7 Å². The highest BCUT2D eigenvalue weighted by molar-refractivity contribution is 6.25. The van der Waals surface area contributed by atoms with Gasteiger partial charge in [0.1, 0.15) is 17.2 Å². The molecule has 2 aromatic rings. The maximum absolute atomic E-state index is 14.1. The number of nitrogens with zero attached hydrogens (tertiary/aromatic N) is 1. The third-order valence-electron chi connectivity index (χ3n) is 8.91. The zero-order chi connectivity index (χ0) is 30.0. The molecular weight excluding hydrogens is 538 g/mol. The van der Waals surface area contributed by atoms with Crippen LogP contribution in [0.25, 0.3) is 0 Å². The number of allylic oxidation sites excluding steroid dienone is 6. The van der Waals surface area contributed by atoms with Crippen LogP contribution in [0.3, 0.4) is 0 Å². The maximum atomic E-state index is 14.1.